The predicted molar refractivity (Wildman–Crippen MR) is 105 cm³/mol. The van der Waals surface area contributed by atoms with Crippen molar-refractivity contribution in [2.75, 3.05) is 0 Å². The highest BCUT2D eigenvalue weighted by atomic mass is 16.3. The van der Waals surface area contributed by atoms with Crippen molar-refractivity contribution in [2.24, 2.45) is 40.2 Å². The first-order valence-electron chi connectivity index (χ1n) is 10.2. The minimum Gasteiger partial charge on any atom is -0.388 e. The normalized spacial score (nSPS) is 48.8. The molecule has 2 saturated carbocycles. The van der Waals surface area contributed by atoms with E-state index in [9.17, 15) is 10.0 Å². The second-order valence-corrected chi connectivity index (χ2v) is 9.21. The smallest absolute Gasteiger partial charge is 0.113 e. The van der Waals surface area contributed by atoms with Gasteiger partial charge in [-0.25, -0.2) is 0 Å². The van der Waals surface area contributed by atoms with Crippen LogP contribution in [-0.2, 0) is 0 Å². The number of aliphatic hydroxyl groups is 1. The van der Waals surface area contributed by atoms with Crippen molar-refractivity contribution in [3.63, 3.8) is 0 Å². The van der Waals surface area contributed by atoms with Gasteiger partial charge in [0.15, 0.2) is 0 Å². The molecule has 8 atom stereocenters. The lowest BCUT2D eigenvalue weighted by atomic mass is 9.53. The third-order valence-electron chi connectivity index (χ3n) is 7.91. The van der Waals surface area contributed by atoms with Crippen molar-refractivity contribution in [2.45, 2.75) is 58.6 Å². The third kappa shape index (κ3) is 2.58. The molecule has 4 aliphatic carbocycles. The van der Waals surface area contributed by atoms with Gasteiger partial charge in [0, 0.05) is 5.41 Å². The predicted octanol–water partition coefficient (Wildman–Crippen LogP) is 5.19. The quantitative estimate of drug-likeness (QED) is 0.695. The molecule has 0 aromatic heterocycles. The number of aliphatic hydroxyl groups excluding tert-OH is 1. The number of hydrogen-bond acceptors (Lipinski definition) is 3. The molecule has 3 unspecified atom stereocenters. The molecule has 0 bridgehead atoms. The van der Waals surface area contributed by atoms with E-state index in [0.29, 0.717) is 29.6 Å². The van der Waals surface area contributed by atoms with Crippen LogP contribution < -0.4 is 0 Å². The third-order valence-corrected chi connectivity index (χ3v) is 7.91. The first kappa shape index (κ1) is 17.9. The Hall–Kier alpha value is -1.48. The Morgan fingerprint density at radius 1 is 1.38 bits per heavy atom. The zero-order valence-corrected chi connectivity index (χ0v) is 16.1. The summed E-state index contributed by atoms with van der Waals surface area (Å²) in [5.41, 5.74) is 2.53. The highest BCUT2D eigenvalue weighted by molar-refractivity contribution is 5.35. The number of allylic oxidation sites excluding steroid dienone is 6. The molecule has 0 heterocycles. The Morgan fingerprint density at radius 2 is 2.19 bits per heavy atom. The molecule has 140 valence electrons. The summed E-state index contributed by atoms with van der Waals surface area (Å²) in [4.78, 5) is 11.1. The average molecular weight is 354 g/mol. The standard InChI is InChI=1S/C23H31NO2/c1-4-5-6-16-12-20-18-8-7-15-13-21(24-26)14(2)11-19(15)17(18)9-10-23(20,3)22(16)25/h4-8,13-14,17-22,25H,9-12H2,1-3H3/t14?,17-,18+,19-,20-,21?,22?,23-/m0/s1. The minimum atomic E-state index is -0.316. The fourth-order valence-corrected chi connectivity index (χ4v) is 6.34. The average Bonchev–Trinajstić information content (AvgIpc) is 2.90. The van der Waals surface area contributed by atoms with Crippen molar-refractivity contribution < 1.29 is 5.11 Å². The van der Waals surface area contributed by atoms with Gasteiger partial charge in [-0.15, -0.1) is 0 Å². The monoisotopic (exact) mass is 353 g/mol. The van der Waals surface area contributed by atoms with Crippen molar-refractivity contribution in [3.8, 4) is 0 Å². The van der Waals surface area contributed by atoms with Crippen LogP contribution in [0.15, 0.2) is 52.8 Å². The number of nitrogens with zero attached hydrogens (tertiary/aromatic N) is 1. The van der Waals surface area contributed by atoms with Crippen molar-refractivity contribution >= 4 is 0 Å². The van der Waals surface area contributed by atoms with Gasteiger partial charge >= 0.3 is 0 Å². The molecule has 0 radical (unpaired) electrons. The Morgan fingerprint density at radius 3 is 2.92 bits per heavy atom. The SMILES string of the molecule is CC=CC=C1C[C@H]2[C@@H]3C=CC4=CC(N=O)C(C)C[C@@H]4[C@H]3CC[C@]2(C)C1O. The summed E-state index contributed by atoms with van der Waals surface area (Å²) in [6.45, 7) is 6.48. The molecule has 1 N–H and O–H groups in total. The second-order valence-electron chi connectivity index (χ2n) is 9.21. The maximum Gasteiger partial charge on any atom is 0.113 e. The van der Waals surface area contributed by atoms with Gasteiger partial charge in [-0.05, 0) is 73.3 Å². The molecular formula is C23H31NO2. The molecular weight excluding hydrogens is 322 g/mol. The second kappa shape index (κ2) is 6.60. The Labute approximate surface area is 156 Å². The fraction of sp³-hybridized carbons (Fsp3) is 0.652. The molecule has 0 aromatic carbocycles. The van der Waals surface area contributed by atoms with Gasteiger partial charge in [-0.1, -0.05) is 55.5 Å². The lowest BCUT2D eigenvalue weighted by Crippen LogP contribution is -2.46. The van der Waals surface area contributed by atoms with E-state index in [4.69, 9.17) is 0 Å². The van der Waals surface area contributed by atoms with Crippen LogP contribution in [0.25, 0.3) is 0 Å². The largest absolute Gasteiger partial charge is 0.388 e. The van der Waals surface area contributed by atoms with Crippen LogP contribution in [0.1, 0.15) is 46.5 Å². The van der Waals surface area contributed by atoms with E-state index in [2.05, 4.69) is 49.4 Å². The lowest BCUT2D eigenvalue weighted by Gasteiger charge is -2.51. The lowest BCUT2D eigenvalue weighted by molar-refractivity contribution is -0.0270. The van der Waals surface area contributed by atoms with Crippen LogP contribution in [0, 0.1) is 39.9 Å². The molecule has 0 aromatic rings. The summed E-state index contributed by atoms with van der Waals surface area (Å²) >= 11 is 0. The van der Waals surface area contributed by atoms with Crippen molar-refractivity contribution in [1.29, 1.82) is 0 Å². The van der Waals surface area contributed by atoms with E-state index in [1.54, 1.807) is 0 Å². The molecule has 2 fully saturated rings. The van der Waals surface area contributed by atoms with Crippen LogP contribution in [0.3, 0.4) is 0 Å². The summed E-state index contributed by atoms with van der Waals surface area (Å²) in [7, 11) is 0. The summed E-state index contributed by atoms with van der Waals surface area (Å²) in [6.07, 6.45) is 17.0. The van der Waals surface area contributed by atoms with Gasteiger partial charge in [0.25, 0.3) is 0 Å². The van der Waals surface area contributed by atoms with Gasteiger partial charge in [0.2, 0.25) is 0 Å². The zero-order chi connectivity index (χ0) is 18.5. The molecule has 0 aliphatic heterocycles. The van der Waals surface area contributed by atoms with Crippen LogP contribution >= 0.6 is 0 Å². The molecule has 4 aliphatic rings. The Bertz CT molecular complexity index is 703. The van der Waals surface area contributed by atoms with Gasteiger partial charge in [-0.2, -0.15) is 4.91 Å². The first-order valence-corrected chi connectivity index (χ1v) is 10.2. The van der Waals surface area contributed by atoms with Crippen LogP contribution in [0.2, 0.25) is 0 Å². The summed E-state index contributed by atoms with van der Waals surface area (Å²) in [5.74, 6) is 2.59. The van der Waals surface area contributed by atoms with E-state index < -0.39 is 0 Å². The van der Waals surface area contributed by atoms with Crippen molar-refractivity contribution in [1.82, 2.24) is 0 Å². The van der Waals surface area contributed by atoms with Crippen LogP contribution in [0.5, 0.6) is 0 Å². The fourth-order valence-electron chi connectivity index (χ4n) is 6.34. The summed E-state index contributed by atoms with van der Waals surface area (Å²) in [6, 6.07) is -0.167. The molecule has 26 heavy (non-hydrogen) atoms. The molecule has 0 saturated heterocycles. The molecule has 0 spiro atoms. The van der Waals surface area contributed by atoms with E-state index in [1.807, 2.05) is 13.0 Å². The Balaban J connectivity index is 1.66. The zero-order valence-electron chi connectivity index (χ0n) is 16.1. The van der Waals surface area contributed by atoms with Crippen LogP contribution in [0.4, 0.5) is 0 Å². The maximum atomic E-state index is 11.1. The highest BCUT2D eigenvalue weighted by Crippen LogP contribution is 2.61. The van der Waals surface area contributed by atoms with Gasteiger partial charge in [0.05, 0.1) is 6.10 Å². The topological polar surface area (TPSA) is 49.7 Å². The van der Waals surface area contributed by atoms with Gasteiger partial charge in [0.1, 0.15) is 6.04 Å². The van der Waals surface area contributed by atoms with Crippen molar-refractivity contribution in [3.05, 3.63) is 52.5 Å². The number of nitroso groups, excluding NO2 is 1. The number of fused-ring (bicyclic) bond motifs is 5. The number of rotatable bonds is 2. The Kier molecular flexibility index (Phi) is 4.54. The maximum absolute atomic E-state index is 11.1. The number of hydrogen-bond donors (Lipinski definition) is 1. The highest BCUT2D eigenvalue weighted by Gasteiger charge is 2.56. The summed E-state index contributed by atoms with van der Waals surface area (Å²) in [5, 5.41) is 14.3. The van der Waals surface area contributed by atoms with E-state index in [1.165, 1.54) is 17.6 Å². The molecule has 3 heteroatoms. The van der Waals surface area contributed by atoms with E-state index in [0.717, 1.165) is 19.3 Å². The van der Waals surface area contributed by atoms with Crippen LogP contribution in [-0.4, -0.2) is 17.3 Å². The minimum absolute atomic E-state index is 0.00664. The summed E-state index contributed by atoms with van der Waals surface area (Å²) < 4.78 is 0. The van der Waals surface area contributed by atoms with Gasteiger partial charge < -0.3 is 5.11 Å². The van der Waals surface area contributed by atoms with E-state index in [-0.39, 0.29) is 17.6 Å². The van der Waals surface area contributed by atoms with Gasteiger partial charge in [-0.3, -0.25) is 0 Å². The first-order chi connectivity index (χ1) is 12.5. The molecule has 3 nitrogen and oxygen atoms in total. The molecule has 4 rings (SSSR count). The van der Waals surface area contributed by atoms with E-state index >= 15 is 0 Å². The molecule has 0 amide bonds.